The first kappa shape index (κ1) is 17.0. The third kappa shape index (κ3) is 3.50. The van der Waals surface area contributed by atoms with Crippen molar-refractivity contribution < 1.29 is 18.8 Å². The first-order valence-electron chi connectivity index (χ1n) is 8.19. The Morgan fingerprint density at radius 1 is 1.32 bits per heavy atom. The van der Waals surface area contributed by atoms with E-state index in [1.54, 1.807) is 26.2 Å². The number of anilines is 1. The van der Waals surface area contributed by atoms with Crippen LogP contribution in [0.2, 0.25) is 0 Å². The molecule has 1 aromatic heterocycles. The van der Waals surface area contributed by atoms with Crippen LogP contribution < -0.4 is 10.1 Å². The van der Waals surface area contributed by atoms with Crippen molar-refractivity contribution in [3.8, 4) is 5.75 Å². The number of aryl methyl sites for hydroxylation is 2. The maximum atomic E-state index is 12.7. The normalized spacial score (nSPS) is 16.8. The van der Waals surface area contributed by atoms with Crippen molar-refractivity contribution in [1.82, 2.24) is 10.1 Å². The number of rotatable bonds is 4. The molecular weight excluding hydrogens is 322 g/mol. The van der Waals surface area contributed by atoms with Gasteiger partial charge in [-0.25, -0.2) is 0 Å². The molecule has 0 spiro atoms. The van der Waals surface area contributed by atoms with Crippen LogP contribution in [0.1, 0.15) is 34.7 Å². The lowest BCUT2D eigenvalue weighted by atomic mass is 10.1. The van der Waals surface area contributed by atoms with E-state index >= 15 is 0 Å². The Morgan fingerprint density at radius 2 is 2.12 bits per heavy atom. The predicted octanol–water partition coefficient (Wildman–Crippen LogP) is 2.54. The topological polar surface area (TPSA) is 84.7 Å². The molecule has 1 atom stereocenters. The maximum Gasteiger partial charge on any atom is 0.293 e. The van der Waals surface area contributed by atoms with Crippen LogP contribution in [0.4, 0.5) is 5.69 Å². The Balaban J connectivity index is 1.77. The average molecular weight is 343 g/mol. The molecule has 2 aromatic rings. The molecular formula is C18H21N3O4. The highest BCUT2D eigenvalue weighted by atomic mass is 16.5. The number of nitrogens with zero attached hydrogens (tertiary/aromatic N) is 2. The van der Waals surface area contributed by atoms with Gasteiger partial charge >= 0.3 is 0 Å². The standard InChI is InChI=1S/C18H21N3O4/c1-11-6-7-15(24-3)13(9-11)19-17(22)14-5-4-8-21(14)18(23)16-10-12(2)20-25-16/h6-7,9-10,14H,4-5,8H2,1-3H3,(H,19,22)/t14-/m0/s1. The van der Waals surface area contributed by atoms with Gasteiger partial charge in [-0.2, -0.15) is 0 Å². The van der Waals surface area contributed by atoms with Crippen LogP contribution in [0, 0.1) is 13.8 Å². The van der Waals surface area contributed by atoms with Gasteiger partial charge in [-0.05, 0) is 44.4 Å². The summed E-state index contributed by atoms with van der Waals surface area (Å²) >= 11 is 0. The molecule has 0 aliphatic carbocycles. The van der Waals surface area contributed by atoms with Gasteiger partial charge in [0.2, 0.25) is 11.7 Å². The summed E-state index contributed by atoms with van der Waals surface area (Å²) in [5.74, 6) is 0.200. The molecule has 132 valence electrons. The zero-order chi connectivity index (χ0) is 18.0. The summed E-state index contributed by atoms with van der Waals surface area (Å²) in [5, 5.41) is 6.62. The average Bonchev–Trinajstić information content (AvgIpc) is 3.23. The van der Waals surface area contributed by atoms with Gasteiger partial charge in [0.25, 0.3) is 5.91 Å². The van der Waals surface area contributed by atoms with Crippen LogP contribution in [0.15, 0.2) is 28.8 Å². The molecule has 0 radical (unpaired) electrons. The Labute approximate surface area is 145 Å². The van der Waals surface area contributed by atoms with Crippen LogP contribution >= 0.6 is 0 Å². The Kier molecular flexibility index (Phi) is 4.74. The monoisotopic (exact) mass is 343 g/mol. The Hall–Kier alpha value is -2.83. The summed E-state index contributed by atoms with van der Waals surface area (Å²) in [6.45, 7) is 4.20. The second-order valence-corrected chi connectivity index (χ2v) is 6.18. The number of carbonyl (C=O) groups excluding carboxylic acids is 2. The number of hydrogen-bond acceptors (Lipinski definition) is 5. The van der Waals surface area contributed by atoms with E-state index in [2.05, 4.69) is 10.5 Å². The number of likely N-dealkylation sites (tertiary alicyclic amines) is 1. The van der Waals surface area contributed by atoms with E-state index in [-0.39, 0.29) is 17.6 Å². The minimum Gasteiger partial charge on any atom is -0.495 e. The molecule has 0 saturated carbocycles. The number of carbonyl (C=O) groups is 2. The van der Waals surface area contributed by atoms with Gasteiger partial charge in [0.05, 0.1) is 18.5 Å². The number of hydrogen-bond donors (Lipinski definition) is 1. The van der Waals surface area contributed by atoms with Crippen molar-refractivity contribution in [3.05, 3.63) is 41.3 Å². The van der Waals surface area contributed by atoms with Gasteiger partial charge in [-0.15, -0.1) is 0 Å². The summed E-state index contributed by atoms with van der Waals surface area (Å²) in [7, 11) is 1.55. The first-order valence-corrected chi connectivity index (χ1v) is 8.19. The number of methoxy groups -OCH3 is 1. The van der Waals surface area contributed by atoms with Gasteiger partial charge in [0.15, 0.2) is 0 Å². The van der Waals surface area contributed by atoms with E-state index in [1.165, 1.54) is 4.90 Å². The molecule has 25 heavy (non-hydrogen) atoms. The van der Waals surface area contributed by atoms with Crippen molar-refractivity contribution in [1.29, 1.82) is 0 Å². The molecule has 1 N–H and O–H groups in total. The highest BCUT2D eigenvalue weighted by molar-refractivity contribution is 6.01. The van der Waals surface area contributed by atoms with Crippen molar-refractivity contribution in [2.24, 2.45) is 0 Å². The number of ether oxygens (including phenoxy) is 1. The molecule has 1 aliphatic heterocycles. The fraction of sp³-hybridized carbons (Fsp3) is 0.389. The zero-order valence-electron chi connectivity index (χ0n) is 14.5. The van der Waals surface area contributed by atoms with E-state index < -0.39 is 6.04 Å². The van der Waals surface area contributed by atoms with E-state index in [0.717, 1.165) is 12.0 Å². The number of benzene rings is 1. The van der Waals surface area contributed by atoms with Crippen LogP contribution in [-0.2, 0) is 4.79 Å². The van der Waals surface area contributed by atoms with Gasteiger partial charge in [0, 0.05) is 12.6 Å². The minimum atomic E-state index is -0.539. The van der Waals surface area contributed by atoms with Crippen LogP contribution in [0.3, 0.4) is 0 Å². The lowest BCUT2D eigenvalue weighted by Gasteiger charge is -2.23. The molecule has 2 heterocycles. The van der Waals surface area contributed by atoms with Crippen molar-refractivity contribution >= 4 is 17.5 Å². The van der Waals surface area contributed by atoms with Crippen LogP contribution in [-0.4, -0.2) is 41.6 Å². The van der Waals surface area contributed by atoms with E-state index in [0.29, 0.717) is 30.1 Å². The van der Waals surface area contributed by atoms with Crippen molar-refractivity contribution in [2.45, 2.75) is 32.7 Å². The second-order valence-electron chi connectivity index (χ2n) is 6.18. The SMILES string of the molecule is COc1ccc(C)cc1NC(=O)[C@@H]1CCCN1C(=O)c1cc(C)no1. The van der Waals surface area contributed by atoms with E-state index in [1.807, 2.05) is 19.1 Å². The Bertz CT molecular complexity index is 799. The van der Waals surface area contributed by atoms with Gasteiger partial charge in [0.1, 0.15) is 11.8 Å². The molecule has 3 rings (SSSR count). The second kappa shape index (κ2) is 6.96. The molecule has 1 aromatic carbocycles. The summed E-state index contributed by atoms with van der Waals surface area (Å²) in [6.07, 6.45) is 1.38. The lowest BCUT2D eigenvalue weighted by Crippen LogP contribution is -2.43. The fourth-order valence-electron chi connectivity index (χ4n) is 3.02. The lowest BCUT2D eigenvalue weighted by molar-refractivity contribution is -0.119. The third-order valence-corrected chi connectivity index (χ3v) is 4.27. The fourth-order valence-corrected chi connectivity index (χ4v) is 3.02. The van der Waals surface area contributed by atoms with Gasteiger partial charge < -0.3 is 19.5 Å². The molecule has 2 amide bonds. The van der Waals surface area contributed by atoms with Crippen LogP contribution in [0.25, 0.3) is 0 Å². The quantitative estimate of drug-likeness (QED) is 0.922. The maximum absolute atomic E-state index is 12.7. The number of nitrogens with one attached hydrogen (secondary N) is 1. The molecule has 1 aliphatic rings. The predicted molar refractivity (Wildman–Crippen MR) is 91.7 cm³/mol. The molecule has 0 bridgehead atoms. The molecule has 7 nitrogen and oxygen atoms in total. The summed E-state index contributed by atoms with van der Waals surface area (Å²) in [5.41, 5.74) is 2.24. The zero-order valence-corrected chi connectivity index (χ0v) is 14.5. The summed E-state index contributed by atoms with van der Waals surface area (Å²) in [6, 6.07) is 6.60. The summed E-state index contributed by atoms with van der Waals surface area (Å²) in [4.78, 5) is 26.9. The minimum absolute atomic E-state index is 0.158. The van der Waals surface area contributed by atoms with Crippen molar-refractivity contribution in [2.75, 3.05) is 19.0 Å². The molecule has 1 fully saturated rings. The smallest absolute Gasteiger partial charge is 0.293 e. The highest BCUT2D eigenvalue weighted by Crippen LogP contribution is 2.27. The Morgan fingerprint density at radius 3 is 2.80 bits per heavy atom. The molecule has 1 saturated heterocycles. The highest BCUT2D eigenvalue weighted by Gasteiger charge is 2.36. The first-order chi connectivity index (χ1) is 12.0. The van der Waals surface area contributed by atoms with Gasteiger partial charge in [-0.3, -0.25) is 9.59 Å². The van der Waals surface area contributed by atoms with E-state index in [9.17, 15) is 9.59 Å². The van der Waals surface area contributed by atoms with Crippen LogP contribution in [0.5, 0.6) is 5.75 Å². The molecule has 0 unspecified atom stereocenters. The van der Waals surface area contributed by atoms with Crippen molar-refractivity contribution in [3.63, 3.8) is 0 Å². The number of amides is 2. The summed E-state index contributed by atoms with van der Waals surface area (Å²) < 4.78 is 10.3. The van der Waals surface area contributed by atoms with Gasteiger partial charge in [-0.1, -0.05) is 11.2 Å². The molecule has 7 heteroatoms. The largest absolute Gasteiger partial charge is 0.495 e. The number of aromatic nitrogens is 1. The van der Waals surface area contributed by atoms with E-state index in [4.69, 9.17) is 9.26 Å². The third-order valence-electron chi connectivity index (χ3n) is 4.27.